The zero-order valence-electron chi connectivity index (χ0n) is 7.65. The van der Waals surface area contributed by atoms with Crippen LogP contribution < -0.4 is 4.90 Å². The summed E-state index contributed by atoms with van der Waals surface area (Å²) in [6.45, 7) is 0.342. The Hall–Kier alpha value is -0.460. The zero-order valence-corrected chi connectivity index (χ0v) is 10.8. The fraction of sp³-hybridized carbons (Fsp3) is 0.333. The quantitative estimate of drug-likeness (QED) is 0.795. The van der Waals surface area contributed by atoms with Crippen LogP contribution in [0.3, 0.4) is 0 Å². The Morgan fingerprint density at radius 2 is 2.27 bits per heavy atom. The van der Waals surface area contributed by atoms with Crippen molar-refractivity contribution in [3.8, 4) is 0 Å². The molecule has 1 N–H and O–H groups in total. The molecule has 1 amide bonds. The lowest BCUT2D eigenvalue weighted by Gasteiger charge is -2.15. The van der Waals surface area contributed by atoms with E-state index in [1.54, 1.807) is 12.3 Å². The molecule has 6 heteroatoms. The predicted octanol–water partition coefficient (Wildman–Crippen LogP) is 1.70. The average Bonchev–Trinajstić information content (AvgIpc) is 2.50. The molecule has 0 saturated carbocycles. The van der Waals surface area contributed by atoms with Crippen molar-refractivity contribution >= 4 is 43.5 Å². The molecule has 1 aliphatic rings. The second kappa shape index (κ2) is 4.19. The van der Waals surface area contributed by atoms with Gasteiger partial charge in [-0.2, -0.15) is 0 Å². The minimum Gasteiger partial charge on any atom is -0.391 e. The number of rotatable bonds is 1. The van der Waals surface area contributed by atoms with E-state index in [4.69, 9.17) is 0 Å². The third-order valence-electron chi connectivity index (χ3n) is 2.20. The highest BCUT2D eigenvalue weighted by Gasteiger charge is 2.29. The van der Waals surface area contributed by atoms with E-state index in [1.807, 2.05) is 0 Å². The number of amides is 1. The largest absolute Gasteiger partial charge is 0.391 e. The highest BCUT2D eigenvalue weighted by Crippen LogP contribution is 2.27. The number of aliphatic hydroxyl groups is 1. The van der Waals surface area contributed by atoms with Gasteiger partial charge < -0.3 is 10.0 Å². The van der Waals surface area contributed by atoms with Crippen LogP contribution in [0.1, 0.15) is 6.42 Å². The van der Waals surface area contributed by atoms with Crippen LogP contribution >= 0.6 is 31.9 Å². The molecule has 0 spiro atoms. The molecular weight excluding hydrogens is 328 g/mol. The molecule has 1 fully saturated rings. The molecule has 1 unspecified atom stereocenters. The van der Waals surface area contributed by atoms with Crippen LogP contribution in [0, 0.1) is 0 Å². The summed E-state index contributed by atoms with van der Waals surface area (Å²) in [6.07, 6.45) is 1.22. The first-order chi connectivity index (χ1) is 7.08. The topological polar surface area (TPSA) is 53.4 Å². The van der Waals surface area contributed by atoms with E-state index in [1.165, 1.54) is 4.90 Å². The Labute approximate surface area is 104 Å². The van der Waals surface area contributed by atoms with Crippen LogP contribution in [0.25, 0.3) is 0 Å². The molecular formula is C9H8Br2N2O2. The standard InChI is InChI=1S/C9H8Br2N2O2/c10-7-1-5(3-12-9(7)11)13-4-6(14)2-8(13)15/h1,3,6,14H,2,4H2. The van der Waals surface area contributed by atoms with Gasteiger partial charge in [0.2, 0.25) is 5.91 Å². The maximum Gasteiger partial charge on any atom is 0.229 e. The zero-order chi connectivity index (χ0) is 11.0. The van der Waals surface area contributed by atoms with Crippen molar-refractivity contribution in [1.82, 2.24) is 4.98 Å². The highest BCUT2D eigenvalue weighted by molar-refractivity contribution is 9.13. The molecule has 1 aromatic rings. The van der Waals surface area contributed by atoms with Gasteiger partial charge in [0.25, 0.3) is 0 Å². The molecule has 2 rings (SSSR count). The van der Waals surface area contributed by atoms with E-state index >= 15 is 0 Å². The van der Waals surface area contributed by atoms with Crippen LogP contribution in [0.4, 0.5) is 5.69 Å². The van der Waals surface area contributed by atoms with Crippen molar-refractivity contribution in [3.63, 3.8) is 0 Å². The maximum atomic E-state index is 11.5. The Bertz CT molecular complexity index is 411. The molecule has 4 nitrogen and oxygen atoms in total. The molecule has 15 heavy (non-hydrogen) atoms. The molecule has 1 aromatic heterocycles. The van der Waals surface area contributed by atoms with Crippen LogP contribution in [-0.4, -0.2) is 28.6 Å². The molecule has 2 heterocycles. The summed E-state index contributed by atoms with van der Waals surface area (Å²) in [7, 11) is 0. The molecule has 0 bridgehead atoms. The van der Waals surface area contributed by atoms with Gasteiger partial charge in [-0.05, 0) is 37.9 Å². The number of pyridine rings is 1. The summed E-state index contributed by atoms with van der Waals surface area (Å²) in [5.41, 5.74) is 0.701. The fourth-order valence-corrected chi connectivity index (χ4v) is 2.05. The molecule has 1 atom stereocenters. The van der Waals surface area contributed by atoms with Gasteiger partial charge in [0.15, 0.2) is 0 Å². The number of nitrogens with zero attached hydrogens (tertiary/aromatic N) is 2. The summed E-state index contributed by atoms with van der Waals surface area (Å²) < 4.78 is 1.48. The van der Waals surface area contributed by atoms with Gasteiger partial charge in [-0.25, -0.2) is 4.98 Å². The second-order valence-electron chi connectivity index (χ2n) is 3.33. The van der Waals surface area contributed by atoms with Gasteiger partial charge >= 0.3 is 0 Å². The Morgan fingerprint density at radius 3 is 2.80 bits per heavy atom. The Balaban J connectivity index is 2.30. The highest BCUT2D eigenvalue weighted by atomic mass is 79.9. The number of β-amino-alcohol motifs (C(OH)–C–C–N with tert-alkyl or cyclic N) is 1. The average molecular weight is 336 g/mol. The van der Waals surface area contributed by atoms with Gasteiger partial charge in [-0.3, -0.25) is 4.79 Å². The van der Waals surface area contributed by atoms with Crippen molar-refractivity contribution in [3.05, 3.63) is 21.3 Å². The van der Waals surface area contributed by atoms with Crippen LogP contribution in [0.15, 0.2) is 21.3 Å². The van der Waals surface area contributed by atoms with E-state index < -0.39 is 6.10 Å². The smallest absolute Gasteiger partial charge is 0.229 e. The number of anilines is 1. The lowest BCUT2D eigenvalue weighted by Crippen LogP contribution is -2.25. The van der Waals surface area contributed by atoms with E-state index in [9.17, 15) is 9.90 Å². The number of halogens is 2. The first kappa shape index (κ1) is 11.0. The minimum absolute atomic E-state index is 0.0708. The molecule has 0 aromatic carbocycles. The molecule has 1 aliphatic heterocycles. The summed E-state index contributed by atoms with van der Waals surface area (Å²) in [5.74, 6) is -0.0708. The second-order valence-corrected chi connectivity index (χ2v) is 4.93. The first-order valence-corrected chi connectivity index (χ1v) is 5.96. The van der Waals surface area contributed by atoms with Gasteiger partial charge in [0, 0.05) is 0 Å². The fourth-order valence-electron chi connectivity index (χ4n) is 1.50. The molecule has 80 valence electrons. The maximum absolute atomic E-state index is 11.5. The number of hydrogen-bond donors (Lipinski definition) is 1. The summed E-state index contributed by atoms with van der Waals surface area (Å²) in [6, 6.07) is 1.80. The normalized spacial score (nSPS) is 21.1. The van der Waals surface area contributed by atoms with Crippen molar-refractivity contribution in [2.75, 3.05) is 11.4 Å². The predicted molar refractivity (Wildman–Crippen MR) is 62.6 cm³/mol. The van der Waals surface area contributed by atoms with Crippen LogP contribution in [0.5, 0.6) is 0 Å². The summed E-state index contributed by atoms with van der Waals surface area (Å²) in [4.78, 5) is 17.1. The first-order valence-electron chi connectivity index (χ1n) is 4.37. The van der Waals surface area contributed by atoms with Gasteiger partial charge in [-0.15, -0.1) is 0 Å². The van der Waals surface area contributed by atoms with Gasteiger partial charge in [0.05, 0.1) is 35.4 Å². The Morgan fingerprint density at radius 1 is 1.53 bits per heavy atom. The minimum atomic E-state index is -0.570. The van der Waals surface area contributed by atoms with Crippen molar-refractivity contribution in [2.45, 2.75) is 12.5 Å². The SMILES string of the molecule is O=C1CC(O)CN1c1cnc(Br)c(Br)c1. The number of aliphatic hydroxyl groups excluding tert-OH is 1. The van der Waals surface area contributed by atoms with E-state index in [-0.39, 0.29) is 12.3 Å². The molecule has 0 aliphatic carbocycles. The number of carbonyl (C=O) groups is 1. The van der Waals surface area contributed by atoms with E-state index in [0.717, 1.165) is 4.47 Å². The van der Waals surface area contributed by atoms with Gasteiger partial charge in [0.1, 0.15) is 4.60 Å². The lowest BCUT2D eigenvalue weighted by molar-refractivity contribution is -0.117. The third kappa shape index (κ3) is 2.21. The Kier molecular flexibility index (Phi) is 3.08. The monoisotopic (exact) mass is 334 g/mol. The van der Waals surface area contributed by atoms with Crippen molar-refractivity contribution < 1.29 is 9.90 Å². The summed E-state index contributed by atoms with van der Waals surface area (Å²) >= 11 is 6.57. The third-order valence-corrected chi connectivity index (χ3v) is 3.97. The van der Waals surface area contributed by atoms with Crippen LogP contribution in [-0.2, 0) is 4.79 Å². The van der Waals surface area contributed by atoms with Gasteiger partial charge in [-0.1, -0.05) is 0 Å². The van der Waals surface area contributed by atoms with Crippen molar-refractivity contribution in [1.29, 1.82) is 0 Å². The summed E-state index contributed by atoms with van der Waals surface area (Å²) in [5, 5.41) is 9.35. The molecule has 0 radical (unpaired) electrons. The van der Waals surface area contributed by atoms with Crippen molar-refractivity contribution in [2.24, 2.45) is 0 Å². The number of hydrogen-bond acceptors (Lipinski definition) is 3. The molecule has 1 saturated heterocycles. The number of carbonyl (C=O) groups excluding carboxylic acids is 1. The van der Waals surface area contributed by atoms with E-state index in [0.29, 0.717) is 16.8 Å². The van der Waals surface area contributed by atoms with E-state index in [2.05, 4.69) is 36.8 Å². The van der Waals surface area contributed by atoms with Crippen LogP contribution in [0.2, 0.25) is 0 Å². The lowest BCUT2D eigenvalue weighted by atomic mass is 10.3. The number of aromatic nitrogens is 1.